The van der Waals surface area contributed by atoms with Crippen molar-refractivity contribution in [3.8, 4) is 0 Å². The van der Waals surface area contributed by atoms with E-state index >= 15 is 0 Å². The van der Waals surface area contributed by atoms with Gasteiger partial charge in [0.05, 0.1) is 0 Å². The van der Waals surface area contributed by atoms with E-state index in [2.05, 4.69) is 34.0 Å². The zero-order valence-electron chi connectivity index (χ0n) is 15.3. The van der Waals surface area contributed by atoms with Crippen molar-refractivity contribution in [3.63, 3.8) is 0 Å². The molecule has 1 aliphatic carbocycles. The Kier molecular flexibility index (Phi) is 3.89. The monoisotopic (exact) mass is 342 g/mol. The summed E-state index contributed by atoms with van der Waals surface area (Å²) >= 11 is 0. The molecule has 25 heavy (non-hydrogen) atoms. The third kappa shape index (κ3) is 2.96. The van der Waals surface area contributed by atoms with Gasteiger partial charge in [-0.25, -0.2) is 9.97 Å². The molecule has 0 radical (unpaired) electrons. The van der Waals surface area contributed by atoms with E-state index in [1.165, 1.54) is 12.8 Å². The Bertz CT molecular complexity index is 787. The first-order chi connectivity index (χ1) is 11.9. The number of carbonyl (C=O) groups excluding carboxylic acids is 1. The summed E-state index contributed by atoms with van der Waals surface area (Å²) in [4.78, 5) is 27.1. The number of carbonyl (C=O) groups is 1. The lowest BCUT2D eigenvalue weighted by molar-refractivity contribution is 0.0778. The number of imidazole rings is 1. The van der Waals surface area contributed by atoms with Crippen molar-refractivity contribution >= 4 is 5.91 Å². The molecule has 7 heteroatoms. The Balaban J connectivity index is 1.58. The summed E-state index contributed by atoms with van der Waals surface area (Å²) in [6.07, 6.45) is 2.52. The molecule has 0 spiro atoms. The number of nitrogens with zero attached hydrogens (tertiary/aromatic N) is 4. The summed E-state index contributed by atoms with van der Waals surface area (Å²) in [5.74, 6) is 4.33. The fraction of sp³-hybridized carbons (Fsp3) is 0.667. The topological polar surface area (TPSA) is 90.6 Å². The van der Waals surface area contributed by atoms with Crippen LogP contribution in [0.4, 0.5) is 0 Å². The molecule has 2 atom stereocenters. The third-order valence-corrected chi connectivity index (χ3v) is 5.47. The van der Waals surface area contributed by atoms with Crippen molar-refractivity contribution in [2.45, 2.75) is 52.4 Å². The second kappa shape index (κ2) is 5.97. The predicted molar refractivity (Wildman–Crippen MR) is 93.4 cm³/mol. The van der Waals surface area contributed by atoms with Gasteiger partial charge in [0.1, 0.15) is 17.3 Å². The highest BCUT2D eigenvalue weighted by Gasteiger charge is 2.46. The third-order valence-electron chi connectivity index (χ3n) is 5.47. The zero-order valence-corrected chi connectivity index (χ0v) is 15.3. The van der Waals surface area contributed by atoms with E-state index in [9.17, 15) is 4.79 Å². The van der Waals surface area contributed by atoms with Gasteiger partial charge in [-0.3, -0.25) is 9.89 Å². The van der Waals surface area contributed by atoms with E-state index < -0.39 is 0 Å². The summed E-state index contributed by atoms with van der Waals surface area (Å²) in [7, 11) is 0. The van der Waals surface area contributed by atoms with Crippen molar-refractivity contribution in [2.24, 2.45) is 11.8 Å². The molecular weight excluding hydrogens is 316 g/mol. The van der Waals surface area contributed by atoms with Crippen molar-refractivity contribution in [1.82, 2.24) is 30.0 Å². The summed E-state index contributed by atoms with van der Waals surface area (Å²) < 4.78 is 0. The van der Waals surface area contributed by atoms with Crippen LogP contribution in [0.3, 0.4) is 0 Å². The van der Waals surface area contributed by atoms with Gasteiger partial charge < -0.3 is 9.88 Å². The van der Waals surface area contributed by atoms with E-state index in [0.29, 0.717) is 30.0 Å². The average molecular weight is 342 g/mol. The highest BCUT2D eigenvalue weighted by molar-refractivity contribution is 5.93. The zero-order chi connectivity index (χ0) is 17.7. The average Bonchev–Trinajstić information content (AvgIpc) is 2.98. The quantitative estimate of drug-likeness (QED) is 0.893. The molecule has 2 aromatic rings. The molecule has 2 N–H and O–H groups in total. The van der Waals surface area contributed by atoms with E-state index in [-0.39, 0.29) is 11.8 Å². The van der Waals surface area contributed by atoms with Gasteiger partial charge in [-0.15, -0.1) is 0 Å². The molecule has 0 bridgehead atoms. The summed E-state index contributed by atoms with van der Waals surface area (Å²) in [5, 5.41) is 7.50. The summed E-state index contributed by atoms with van der Waals surface area (Å²) in [6.45, 7) is 9.46. The standard InChI is InChI=1S/C18H26N6O/c1-9(2)16-21-17(23-22-16)14-8-24(7-13(14)12-5-6-12)18(25)15-10(3)19-11(4)20-15/h9,12-14H,5-8H2,1-4H3,(H,19,20)(H,21,22,23)/t13-,14+/m1/s1. The van der Waals surface area contributed by atoms with Crippen molar-refractivity contribution in [3.05, 3.63) is 28.9 Å². The molecule has 2 aromatic heterocycles. The van der Waals surface area contributed by atoms with Crippen LogP contribution in [-0.4, -0.2) is 49.0 Å². The second-order valence-corrected chi connectivity index (χ2v) is 7.85. The molecule has 0 unspecified atom stereocenters. The number of hydrogen-bond donors (Lipinski definition) is 2. The molecule has 1 amide bonds. The molecule has 2 fully saturated rings. The minimum absolute atomic E-state index is 0.0265. The fourth-order valence-electron chi connectivity index (χ4n) is 3.97. The number of rotatable bonds is 4. The first-order valence-corrected chi connectivity index (χ1v) is 9.18. The van der Waals surface area contributed by atoms with Crippen LogP contribution in [0.1, 0.15) is 72.2 Å². The van der Waals surface area contributed by atoms with Gasteiger partial charge in [0.2, 0.25) is 0 Å². The maximum Gasteiger partial charge on any atom is 0.274 e. The Labute approximate surface area is 147 Å². The molecule has 134 valence electrons. The van der Waals surface area contributed by atoms with Crippen molar-refractivity contribution in [2.75, 3.05) is 13.1 Å². The van der Waals surface area contributed by atoms with Gasteiger partial charge in [0, 0.05) is 30.6 Å². The van der Waals surface area contributed by atoms with Crippen LogP contribution in [0.5, 0.6) is 0 Å². The molecule has 3 heterocycles. The Hall–Kier alpha value is -2.18. The normalized spacial score (nSPS) is 23.6. The van der Waals surface area contributed by atoms with Crippen LogP contribution in [0.25, 0.3) is 0 Å². The minimum Gasteiger partial charge on any atom is -0.346 e. The van der Waals surface area contributed by atoms with Crippen LogP contribution in [0.15, 0.2) is 0 Å². The maximum atomic E-state index is 13.0. The Morgan fingerprint density at radius 3 is 2.52 bits per heavy atom. The van der Waals surface area contributed by atoms with Gasteiger partial charge in [-0.2, -0.15) is 5.10 Å². The lowest BCUT2D eigenvalue weighted by Crippen LogP contribution is -2.30. The molecule has 1 saturated carbocycles. The number of aromatic amines is 2. The van der Waals surface area contributed by atoms with Crippen molar-refractivity contribution in [1.29, 1.82) is 0 Å². The van der Waals surface area contributed by atoms with Gasteiger partial charge in [-0.1, -0.05) is 13.8 Å². The lowest BCUT2D eigenvalue weighted by Gasteiger charge is -2.15. The molecule has 0 aromatic carbocycles. The second-order valence-electron chi connectivity index (χ2n) is 7.85. The van der Waals surface area contributed by atoms with Crippen molar-refractivity contribution < 1.29 is 4.79 Å². The first kappa shape index (κ1) is 16.3. The SMILES string of the molecule is Cc1nc(C(=O)N2C[C@H](c3nc(C(C)C)n[nH]3)[C@@H](C3CC3)C2)c(C)[nH]1. The maximum absolute atomic E-state index is 13.0. The van der Waals surface area contributed by atoms with Gasteiger partial charge in [-0.05, 0) is 38.5 Å². The number of hydrogen-bond acceptors (Lipinski definition) is 4. The molecule has 1 saturated heterocycles. The predicted octanol–water partition coefficient (Wildman–Crippen LogP) is 2.53. The van der Waals surface area contributed by atoms with Gasteiger partial charge in [0.15, 0.2) is 5.82 Å². The smallest absolute Gasteiger partial charge is 0.274 e. The number of amides is 1. The highest BCUT2D eigenvalue weighted by Crippen LogP contribution is 2.47. The molecule has 2 aliphatic rings. The minimum atomic E-state index is 0.0265. The number of nitrogens with one attached hydrogen (secondary N) is 2. The lowest BCUT2D eigenvalue weighted by atomic mass is 9.91. The van der Waals surface area contributed by atoms with Crippen LogP contribution in [0.2, 0.25) is 0 Å². The van der Waals surface area contributed by atoms with E-state index in [4.69, 9.17) is 4.98 Å². The van der Waals surface area contributed by atoms with E-state index in [1.54, 1.807) is 0 Å². The Morgan fingerprint density at radius 2 is 1.96 bits per heavy atom. The molecular formula is C18H26N6O. The Morgan fingerprint density at radius 1 is 1.20 bits per heavy atom. The number of aromatic nitrogens is 5. The summed E-state index contributed by atoms with van der Waals surface area (Å²) in [5.41, 5.74) is 1.39. The van der Waals surface area contributed by atoms with E-state index in [0.717, 1.165) is 29.7 Å². The molecule has 7 nitrogen and oxygen atoms in total. The van der Waals surface area contributed by atoms with Crippen LogP contribution >= 0.6 is 0 Å². The largest absolute Gasteiger partial charge is 0.346 e. The van der Waals surface area contributed by atoms with Crippen LogP contribution in [-0.2, 0) is 0 Å². The fourth-order valence-corrected chi connectivity index (χ4v) is 3.97. The number of likely N-dealkylation sites (tertiary alicyclic amines) is 1. The highest BCUT2D eigenvalue weighted by atomic mass is 16.2. The number of aryl methyl sites for hydroxylation is 2. The van der Waals surface area contributed by atoms with Crippen LogP contribution in [0, 0.1) is 25.7 Å². The number of H-pyrrole nitrogens is 2. The van der Waals surface area contributed by atoms with Gasteiger partial charge in [0.25, 0.3) is 5.91 Å². The molecule has 1 aliphatic heterocycles. The van der Waals surface area contributed by atoms with E-state index in [1.807, 2.05) is 18.7 Å². The molecule has 4 rings (SSSR count). The van der Waals surface area contributed by atoms with Gasteiger partial charge >= 0.3 is 0 Å². The first-order valence-electron chi connectivity index (χ1n) is 9.18. The van der Waals surface area contributed by atoms with Crippen LogP contribution < -0.4 is 0 Å². The summed E-state index contributed by atoms with van der Waals surface area (Å²) in [6, 6.07) is 0.